The second-order valence-electron chi connectivity index (χ2n) is 7.20. The Morgan fingerprint density at radius 1 is 1.04 bits per heavy atom. The zero-order valence-corrected chi connectivity index (χ0v) is 16.1. The van der Waals surface area contributed by atoms with Crippen molar-refractivity contribution in [1.82, 2.24) is 5.32 Å². The molecule has 2 aromatic rings. The summed E-state index contributed by atoms with van der Waals surface area (Å²) in [7, 11) is 0. The van der Waals surface area contributed by atoms with Crippen molar-refractivity contribution in [3.05, 3.63) is 59.7 Å². The van der Waals surface area contributed by atoms with E-state index in [9.17, 15) is 4.79 Å². The van der Waals surface area contributed by atoms with Gasteiger partial charge in [-0.05, 0) is 34.7 Å². The lowest BCUT2D eigenvalue weighted by Crippen LogP contribution is -2.21. The highest BCUT2D eigenvalue weighted by Crippen LogP contribution is 2.30. The number of carbonyl (C=O) groups is 1. The third-order valence-corrected chi connectivity index (χ3v) is 3.96. The van der Waals surface area contributed by atoms with Gasteiger partial charge in [-0.3, -0.25) is 4.79 Å². The Morgan fingerprint density at radius 2 is 1.70 bits per heavy atom. The van der Waals surface area contributed by atoms with Gasteiger partial charge in [0.25, 0.3) is 0 Å². The van der Waals surface area contributed by atoms with Gasteiger partial charge in [0.1, 0.15) is 31.1 Å². The summed E-state index contributed by atoms with van der Waals surface area (Å²) in [4.78, 5) is 11.3. The lowest BCUT2D eigenvalue weighted by molar-refractivity contribution is -0.120. The van der Waals surface area contributed by atoms with Crippen molar-refractivity contribution in [3.63, 3.8) is 0 Å². The maximum absolute atomic E-state index is 11.3. The van der Waals surface area contributed by atoms with E-state index in [2.05, 4.69) is 32.2 Å². The number of rotatable bonds is 8. The topological polar surface area (TPSA) is 71.3 Å². The lowest BCUT2D eigenvalue weighted by Gasteiger charge is -2.22. The summed E-state index contributed by atoms with van der Waals surface area (Å²) < 4.78 is 11.6. The van der Waals surface area contributed by atoms with Gasteiger partial charge in [0, 0.05) is 6.54 Å². The molecule has 0 heterocycles. The highest BCUT2D eigenvalue weighted by atomic mass is 16.5. The van der Waals surface area contributed by atoms with Crippen LogP contribution in [0.3, 0.4) is 0 Å². The van der Waals surface area contributed by atoms with Gasteiger partial charge in [0.05, 0.1) is 6.07 Å². The molecule has 0 aliphatic carbocycles. The summed E-state index contributed by atoms with van der Waals surface area (Å²) in [5, 5.41) is 11.1. The monoisotopic (exact) mass is 366 g/mol. The second kappa shape index (κ2) is 9.63. The summed E-state index contributed by atoms with van der Waals surface area (Å²) in [6.07, 6.45) is -0.125. The van der Waals surface area contributed by atoms with E-state index >= 15 is 0 Å². The van der Waals surface area contributed by atoms with Crippen LogP contribution in [0.2, 0.25) is 0 Å². The fourth-order valence-corrected chi connectivity index (χ4v) is 2.56. The molecule has 2 aromatic carbocycles. The Hall–Kier alpha value is -3.00. The van der Waals surface area contributed by atoms with Crippen molar-refractivity contribution in [2.45, 2.75) is 39.2 Å². The minimum absolute atomic E-state index is 0.0237. The largest absolute Gasteiger partial charge is 0.490 e. The first-order valence-corrected chi connectivity index (χ1v) is 8.98. The van der Waals surface area contributed by atoms with Crippen LogP contribution in [-0.2, 0) is 16.8 Å². The third kappa shape index (κ3) is 6.67. The van der Waals surface area contributed by atoms with E-state index in [1.54, 1.807) is 0 Å². The molecule has 0 radical (unpaired) electrons. The summed E-state index contributed by atoms with van der Waals surface area (Å²) >= 11 is 0. The molecule has 142 valence electrons. The van der Waals surface area contributed by atoms with E-state index in [0.717, 1.165) is 17.1 Å². The molecule has 0 saturated carbocycles. The molecule has 0 atom stereocenters. The molecular weight excluding hydrogens is 340 g/mol. The van der Waals surface area contributed by atoms with Gasteiger partial charge < -0.3 is 14.8 Å². The van der Waals surface area contributed by atoms with Crippen LogP contribution < -0.4 is 14.8 Å². The average molecular weight is 366 g/mol. The third-order valence-electron chi connectivity index (χ3n) is 3.96. The van der Waals surface area contributed by atoms with Crippen molar-refractivity contribution in [2.24, 2.45) is 0 Å². The fourth-order valence-electron chi connectivity index (χ4n) is 2.56. The first-order chi connectivity index (χ1) is 12.9. The van der Waals surface area contributed by atoms with Crippen LogP contribution in [-0.4, -0.2) is 19.1 Å². The van der Waals surface area contributed by atoms with Crippen molar-refractivity contribution in [1.29, 1.82) is 5.26 Å². The number of nitriles is 1. The number of benzene rings is 2. The molecule has 0 aromatic heterocycles. The standard InChI is InChI=1S/C22H26N2O3/c1-22(2,3)19-6-4-5-7-20(19)27-15-14-26-18-10-8-17(9-11-18)16-24-21(25)12-13-23/h4-11H,12,14-16H2,1-3H3,(H,24,25). The molecule has 1 amide bonds. The Morgan fingerprint density at radius 3 is 2.37 bits per heavy atom. The van der Waals surface area contributed by atoms with E-state index < -0.39 is 0 Å². The number of carbonyl (C=O) groups excluding carboxylic acids is 1. The van der Waals surface area contributed by atoms with Crippen LogP contribution in [0.5, 0.6) is 11.5 Å². The Balaban J connectivity index is 1.78. The average Bonchev–Trinajstić information content (AvgIpc) is 2.64. The van der Waals surface area contributed by atoms with E-state index in [-0.39, 0.29) is 17.7 Å². The number of para-hydroxylation sites is 1. The van der Waals surface area contributed by atoms with Gasteiger partial charge in [-0.25, -0.2) is 0 Å². The first kappa shape index (κ1) is 20.3. The molecule has 0 aliphatic rings. The predicted octanol–water partition coefficient (Wildman–Crippen LogP) is 3.97. The van der Waals surface area contributed by atoms with Gasteiger partial charge in [0.2, 0.25) is 5.91 Å². The SMILES string of the molecule is CC(C)(C)c1ccccc1OCCOc1ccc(CNC(=O)CC#N)cc1. The van der Waals surface area contributed by atoms with Crippen LogP contribution in [0.4, 0.5) is 0 Å². The van der Waals surface area contributed by atoms with Gasteiger partial charge >= 0.3 is 0 Å². The maximum atomic E-state index is 11.3. The van der Waals surface area contributed by atoms with Crippen LogP contribution in [0.15, 0.2) is 48.5 Å². The number of amides is 1. The molecule has 5 nitrogen and oxygen atoms in total. The molecular formula is C22H26N2O3. The molecule has 1 N–H and O–H groups in total. The van der Waals surface area contributed by atoms with Crippen molar-refractivity contribution < 1.29 is 14.3 Å². The normalized spacial score (nSPS) is 10.7. The lowest BCUT2D eigenvalue weighted by atomic mass is 9.86. The quantitative estimate of drug-likeness (QED) is 0.718. The molecule has 2 rings (SSSR count). The summed E-state index contributed by atoms with van der Waals surface area (Å²) in [5.41, 5.74) is 2.15. The van der Waals surface area contributed by atoms with Gasteiger partial charge in [-0.1, -0.05) is 51.1 Å². The Labute approximate surface area is 160 Å². The highest BCUT2D eigenvalue weighted by Gasteiger charge is 2.18. The zero-order chi connectivity index (χ0) is 19.7. The molecule has 5 heteroatoms. The summed E-state index contributed by atoms with van der Waals surface area (Å²) in [5.74, 6) is 1.36. The van der Waals surface area contributed by atoms with Crippen LogP contribution >= 0.6 is 0 Å². The second-order valence-corrected chi connectivity index (χ2v) is 7.20. The summed E-state index contributed by atoms with van der Waals surface area (Å²) in [6.45, 7) is 7.78. The van der Waals surface area contributed by atoms with Gasteiger partial charge in [0.15, 0.2) is 0 Å². The van der Waals surface area contributed by atoms with Crippen molar-refractivity contribution >= 4 is 5.91 Å². The number of nitrogens with one attached hydrogen (secondary N) is 1. The predicted molar refractivity (Wildman–Crippen MR) is 105 cm³/mol. The number of nitrogens with zero attached hydrogens (tertiary/aromatic N) is 1. The van der Waals surface area contributed by atoms with E-state index in [1.165, 1.54) is 5.56 Å². The van der Waals surface area contributed by atoms with Gasteiger partial charge in [-0.2, -0.15) is 5.26 Å². The van der Waals surface area contributed by atoms with Crippen LogP contribution in [0.1, 0.15) is 38.3 Å². The fraction of sp³-hybridized carbons (Fsp3) is 0.364. The minimum atomic E-state index is -0.273. The number of ether oxygens (including phenoxy) is 2. The smallest absolute Gasteiger partial charge is 0.234 e. The van der Waals surface area contributed by atoms with Crippen molar-refractivity contribution in [2.75, 3.05) is 13.2 Å². The van der Waals surface area contributed by atoms with Crippen molar-refractivity contribution in [3.8, 4) is 17.6 Å². The minimum Gasteiger partial charge on any atom is -0.490 e. The molecule has 0 fully saturated rings. The van der Waals surface area contributed by atoms with Crippen LogP contribution in [0, 0.1) is 11.3 Å². The number of hydrogen-bond donors (Lipinski definition) is 1. The summed E-state index contributed by atoms with van der Waals surface area (Å²) in [6, 6.07) is 17.4. The maximum Gasteiger partial charge on any atom is 0.234 e. The Bertz CT molecular complexity index is 786. The molecule has 0 aliphatic heterocycles. The molecule has 0 saturated heterocycles. The molecule has 0 spiro atoms. The highest BCUT2D eigenvalue weighted by molar-refractivity contribution is 5.77. The Kier molecular flexibility index (Phi) is 7.25. The zero-order valence-electron chi connectivity index (χ0n) is 16.1. The number of hydrogen-bond acceptors (Lipinski definition) is 4. The van der Waals surface area contributed by atoms with E-state index in [0.29, 0.717) is 19.8 Å². The first-order valence-electron chi connectivity index (χ1n) is 8.98. The molecule has 27 heavy (non-hydrogen) atoms. The van der Waals surface area contributed by atoms with E-state index in [4.69, 9.17) is 14.7 Å². The molecule has 0 bridgehead atoms. The molecule has 0 unspecified atom stereocenters. The van der Waals surface area contributed by atoms with Crippen LogP contribution in [0.25, 0.3) is 0 Å². The van der Waals surface area contributed by atoms with E-state index in [1.807, 2.05) is 48.5 Å². The van der Waals surface area contributed by atoms with Gasteiger partial charge in [-0.15, -0.1) is 0 Å².